The standard InChI is InChI=1S/C61H59O14P/c1-65-60-55(74-59(64)49-35-21-8-22-36-49)54(73-58(63)48-33-19-7-20-34-48)53(72-57(62)47-31-17-6-18-32-47)50(71-60)42-70-76-61(69-40-46-29-15-5-16-30-46)56(68-39-45-27-13-4-14-28-45)52(67-38-44-25-11-3-12-26-44)51(75-76)41-66-37-43-23-9-2-10-24-43/h2-36,50-56,60-61H,37-42H2,1H3/t50-,51-,52-,53-,54+,55-,56+,60+,61-,76?/m1/s1. The van der Waals surface area contributed by atoms with Gasteiger partial charge in [-0.3, -0.25) is 0 Å². The first-order chi connectivity index (χ1) is 37.4. The predicted octanol–water partition coefficient (Wildman–Crippen LogP) is 10.7. The molecule has 392 valence electrons. The Labute approximate surface area is 443 Å². The van der Waals surface area contributed by atoms with Gasteiger partial charge in [-0.25, -0.2) is 14.4 Å². The van der Waals surface area contributed by atoms with E-state index in [1.807, 2.05) is 121 Å². The van der Waals surface area contributed by atoms with Crippen LogP contribution in [0.1, 0.15) is 53.3 Å². The van der Waals surface area contributed by atoms with Crippen LogP contribution < -0.4 is 0 Å². The molecule has 10 atom stereocenters. The second-order valence-electron chi connectivity index (χ2n) is 17.9. The summed E-state index contributed by atoms with van der Waals surface area (Å²) in [6.07, 6.45) is -9.41. The zero-order valence-corrected chi connectivity index (χ0v) is 42.7. The minimum Gasteiger partial charge on any atom is -0.452 e. The average molecular weight is 1050 g/mol. The van der Waals surface area contributed by atoms with Crippen molar-refractivity contribution in [1.29, 1.82) is 0 Å². The highest BCUT2D eigenvalue weighted by atomic mass is 31.2. The molecule has 0 radical (unpaired) electrons. The largest absolute Gasteiger partial charge is 0.452 e. The maximum absolute atomic E-state index is 14.2. The van der Waals surface area contributed by atoms with E-state index in [0.717, 1.165) is 22.3 Å². The number of hydrogen-bond acceptors (Lipinski definition) is 14. The molecule has 15 heteroatoms. The third-order valence-corrected chi connectivity index (χ3v) is 14.3. The number of benzene rings is 7. The molecule has 2 heterocycles. The molecule has 0 spiro atoms. The summed E-state index contributed by atoms with van der Waals surface area (Å²) in [6, 6.07) is 64.1. The second-order valence-corrected chi connectivity index (χ2v) is 19.5. The molecule has 0 aliphatic carbocycles. The van der Waals surface area contributed by atoms with Crippen molar-refractivity contribution < 1.29 is 66.1 Å². The third kappa shape index (κ3) is 14.7. The number of hydrogen-bond donors (Lipinski definition) is 0. The Kier molecular flexibility index (Phi) is 19.7. The average Bonchev–Trinajstić information content (AvgIpc) is 3.48. The van der Waals surface area contributed by atoms with Crippen molar-refractivity contribution in [2.75, 3.05) is 20.3 Å². The van der Waals surface area contributed by atoms with E-state index in [0.29, 0.717) is 0 Å². The molecule has 7 aromatic carbocycles. The molecular weight excluding hydrogens is 988 g/mol. The van der Waals surface area contributed by atoms with Crippen molar-refractivity contribution in [3.05, 3.63) is 251 Å². The minimum atomic E-state index is -2.16. The third-order valence-electron chi connectivity index (χ3n) is 12.6. The smallest absolute Gasteiger partial charge is 0.338 e. The van der Waals surface area contributed by atoms with Gasteiger partial charge < -0.3 is 51.7 Å². The van der Waals surface area contributed by atoms with E-state index in [2.05, 4.69) is 0 Å². The van der Waals surface area contributed by atoms with E-state index in [9.17, 15) is 14.4 Å². The Hall–Kier alpha value is -6.94. The van der Waals surface area contributed by atoms with Crippen LogP contribution in [-0.4, -0.2) is 93.1 Å². The molecular formula is C61H59O14P. The molecule has 14 nitrogen and oxygen atoms in total. The molecule has 1 unspecified atom stereocenters. The molecule has 7 aromatic rings. The number of rotatable bonds is 23. The summed E-state index contributed by atoms with van der Waals surface area (Å²) in [5, 5.41) is 0. The van der Waals surface area contributed by atoms with E-state index in [1.54, 1.807) is 91.0 Å². The maximum atomic E-state index is 14.2. The minimum absolute atomic E-state index is 0.0715. The summed E-state index contributed by atoms with van der Waals surface area (Å²) >= 11 is 0. The van der Waals surface area contributed by atoms with Crippen LogP contribution in [0.25, 0.3) is 0 Å². The molecule has 2 fully saturated rings. The zero-order valence-electron chi connectivity index (χ0n) is 41.8. The first-order valence-corrected chi connectivity index (χ1v) is 26.3. The van der Waals surface area contributed by atoms with Crippen LogP contribution in [-0.2, 0) is 78.1 Å². The summed E-state index contributed by atoms with van der Waals surface area (Å²) in [5.41, 5.74) is 4.32. The predicted molar refractivity (Wildman–Crippen MR) is 282 cm³/mol. The maximum Gasteiger partial charge on any atom is 0.338 e. The SMILES string of the molecule is CO[C@H]1O[C@H](COP2O[C@H](COCc3ccccc3)[C@@H](OCc3ccccc3)[C@H](OCc3ccccc3)[C@@H]2OCc2ccccc2)[C@@H](OC(=O)c2ccccc2)[C@H](OC(=O)c2ccccc2)[C@H]1OC(=O)c1ccccc1. The Morgan fingerprint density at radius 2 is 0.789 bits per heavy atom. The number of carbonyl (C=O) groups is 3. The lowest BCUT2D eigenvalue weighted by atomic mass is 9.97. The molecule has 0 saturated carbocycles. The highest BCUT2D eigenvalue weighted by molar-refractivity contribution is 7.48. The fraction of sp³-hybridized carbons (Fsp3) is 0.262. The highest BCUT2D eigenvalue weighted by Gasteiger charge is 2.55. The van der Waals surface area contributed by atoms with Gasteiger partial charge >= 0.3 is 17.9 Å². The van der Waals surface area contributed by atoms with Gasteiger partial charge in [-0.2, -0.15) is 0 Å². The van der Waals surface area contributed by atoms with E-state index >= 15 is 0 Å². The Morgan fingerprint density at radius 1 is 0.408 bits per heavy atom. The monoisotopic (exact) mass is 1050 g/mol. The first-order valence-electron chi connectivity index (χ1n) is 25.0. The Balaban J connectivity index is 1.08. The van der Waals surface area contributed by atoms with Crippen molar-refractivity contribution in [3.63, 3.8) is 0 Å². The summed E-state index contributed by atoms with van der Waals surface area (Å²) < 4.78 is 72.4. The molecule has 2 aliphatic rings. The Bertz CT molecular complexity index is 2840. The molecule has 0 aromatic heterocycles. The molecule has 0 amide bonds. The van der Waals surface area contributed by atoms with Crippen molar-refractivity contribution in [2.24, 2.45) is 0 Å². The van der Waals surface area contributed by atoms with Gasteiger partial charge in [-0.1, -0.05) is 176 Å². The van der Waals surface area contributed by atoms with Gasteiger partial charge in [0.25, 0.3) is 0 Å². The summed E-state index contributed by atoms with van der Waals surface area (Å²) in [4.78, 5) is 42.3. The highest BCUT2D eigenvalue weighted by Crippen LogP contribution is 2.54. The number of methoxy groups -OCH3 is 1. The molecule has 2 aliphatic heterocycles. The van der Waals surface area contributed by atoms with Crippen LogP contribution in [0.15, 0.2) is 212 Å². The lowest BCUT2D eigenvalue weighted by Crippen LogP contribution is -2.63. The molecule has 0 bridgehead atoms. The fourth-order valence-electron chi connectivity index (χ4n) is 8.72. The van der Waals surface area contributed by atoms with Crippen LogP contribution >= 0.6 is 8.38 Å². The van der Waals surface area contributed by atoms with E-state index in [1.165, 1.54) is 7.11 Å². The Morgan fingerprint density at radius 3 is 1.24 bits per heavy atom. The van der Waals surface area contributed by atoms with E-state index < -0.39 is 81.1 Å². The van der Waals surface area contributed by atoms with Crippen LogP contribution in [0.2, 0.25) is 0 Å². The summed E-state index contributed by atoms with van der Waals surface area (Å²) in [6.45, 7) is 0.581. The van der Waals surface area contributed by atoms with Crippen molar-refractivity contribution >= 4 is 26.3 Å². The molecule has 76 heavy (non-hydrogen) atoms. The van der Waals surface area contributed by atoms with Gasteiger partial charge in [0.2, 0.25) is 8.38 Å². The van der Waals surface area contributed by atoms with Gasteiger partial charge in [-0.15, -0.1) is 0 Å². The lowest BCUT2D eigenvalue weighted by Gasteiger charge is -2.46. The quantitative estimate of drug-likeness (QED) is 0.0339. The summed E-state index contributed by atoms with van der Waals surface area (Å²) in [7, 11) is -0.798. The van der Waals surface area contributed by atoms with Crippen LogP contribution in [0.4, 0.5) is 0 Å². The molecule has 0 N–H and O–H groups in total. The molecule has 2 saturated heterocycles. The van der Waals surface area contributed by atoms with Gasteiger partial charge in [0.15, 0.2) is 30.4 Å². The van der Waals surface area contributed by atoms with Gasteiger partial charge in [0.1, 0.15) is 24.4 Å². The van der Waals surface area contributed by atoms with Crippen molar-refractivity contribution in [3.8, 4) is 0 Å². The first kappa shape index (κ1) is 53.9. The number of esters is 3. The normalized spacial score (nSPS) is 23.2. The second kappa shape index (κ2) is 27.7. The molecule has 9 rings (SSSR count). The van der Waals surface area contributed by atoms with Crippen LogP contribution in [0.3, 0.4) is 0 Å². The summed E-state index contributed by atoms with van der Waals surface area (Å²) in [5.74, 6) is -3.22. The van der Waals surface area contributed by atoms with E-state index in [-0.39, 0.29) is 56.3 Å². The van der Waals surface area contributed by atoms with E-state index in [4.69, 9.17) is 51.7 Å². The fourth-order valence-corrected chi connectivity index (χ4v) is 10.5. The topological polar surface area (TPSA) is 153 Å². The van der Waals surface area contributed by atoms with Crippen LogP contribution in [0.5, 0.6) is 0 Å². The number of ether oxygens (including phenoxy) is 9. The van der Waals surface area contributed by atoms with Gasteiger partial charge in [0.05, 0.1) is 56.3 Å². The lowest BCUT2D eigenvalue weighted by molar-refractivity contribution is -0.291. The van der Waals surface area contributed by atoms with Crippen molar-refractivity contribution in [2.45, 2.75) is 81.3 Å². The zero-order chi connectivity index (χ0) is 52.3. The van der Waals surface area contributed by atoms with Crippen molar-refractivity contribution in [1.82, 2.24) is 0 Å². The van der Waals surface area contributed by atoms with Gasteiger partial charge in [0, 0.05) is 7.11 Å². The number of carbonyl (C=O) groups excluding carboxylic acids is 3. The van der Waals surface area contributed by atoms with Gasteiger partial charge in [-0.05, 0) is 58.7 Å². The van der Waals surface area contributed by atoms with Crippen LogP contribution in [0, 0.1) is 0 Å².